The van der Waals surface area contributed by atoms with Gasteiger partial charge in [-0.2, -0.15) is 0 Å². The normalized spacial score (nSPS) is 13.6. The quantitative estimate of drug-likeness (QED) is 0.421. The van der Waals surface area contributed by atoms with E-state index in [1.807, 2.05) is 80.6 Å². The van der Waals surface area contributed by atoms with Gasteiger partial charge >= 0.3 is 0 Å². The van der Waals surface area contributed by atoms with Gasteiger partial charge in [-0.3, -0.25) is 9.59 Å². The number of methoxy groups -OCH3 is 1. The Labute approximate surface area is 201 Å². The molecule has 1 N–H and O–H groups in total. The van der Waals surface area contributed by atoms with Gasteiger partial charge in [-0.25, -0.2) is 4.90 Å². The van der Waals surface area contributed by atoms with E-state index in [4.69, 9.17) is 4.74 Å². The molecule has 2 amide bonds. The van der Waals surface area contributed by atoms with Crippen molar-refractivity contribution in [3.8, 4) is 5.75 Å². The summed E-state index contributed by atoms with van der Waals surface area (Å²) >= 11 is 0. The lowest BCUT2D eigenvalue weighted by atomic mass is 10.0. The average Bonchev–Trinajstić information content (AvgIpc) is 3.08. The lowest BCUT2D eigenvalue weighted by Gasteiger charge is -2.16. The number of rotatable bonds is 8. The number of nitrogens with zero attached hydrogens (tertiary/aromatic N) is 1. The molecule has 1 aliphatic heterocycles. The van der Waals surface area contributed by atoms with Crippen LogP contribution in [-0.2, 0) is 16.0 Å². The van der Waals surface area contributed by atoms with E-state index in [0.29, 0.717) is 28.3 Å². The largest absolute Gasteiger partial charge is 0.495 e. The van der Waals surface area contributed by atoms with E-state index in [2.05, 4.69) is 12.2 Å². The molecule has 34 heavy (non-hydrogen) atoms. The van der Waals surface area contributed by atoms with Crippen LogP contribution in [0.3, 0.4) is 0 Å². The van der Waals surface area contributed by atoms with Gasteiger partial charge in [0.05, 0.1) is 24.1 Å². The molecule has 0 saturated heterocycles. The first-order valence-corrected chi connectivity index (χ1v) is 11.6. The number of ether oxygens (including phenoxy) is 1. The second-order valence-electron chi connectivity index (χ2n) is 8.66. The third kappa shape index (κ3) is 4.60. The second kappa shape index (κ2) is 9.96. The van der Waals surface area contributed by atoms with E-state index >= 15 is 0 Å². The highest BCUT2D eigenvalue weighted by molar-refractivity contribution is 6.46. The van der Waals surface area contributed by atoms with Gasteiger partial charge in [-0.05, 0) is 67.6 Å². The minimum absolute atomic E-state index is 0.243. The Hall–Kier alpha value is -3.86. The highest BCUT2D eigenvalue weighted by Crippen LogP contribution is 2.36. The minimum atomic E-state index is -0.384. The van der Waals surface area contributed by atoms with Crippen LogP contribution in [0.4, 0.5) is 11.4 Å². The summed E-state index contributed by atoms with van der Waals surface area (Å²) in [4.78, 5) is 28.6. The van der Waals surface area contributed by atoms with Gasteiger partial charge in [0, 0.05) is 0 Å². The second-order valence-corrected chi connectivity index (χ2v) is 8.66. The summed E-state index contributed by atoms with van der Waals surface area (Å²) in [5.74, 6) is -0.130. The monoisotopic (exact) mass is 454 g/mol. The number of aryl methyl sites for hydroxylation is 3. The fourth-order valence-corrected chi connectivity index (χ4v) is 4.11. The molecule has 0 atom stereocenters. The molecule has 0 radical (unpaired) electrons. The van der Waals surface area contributed by atoms with Crippen molar-refractivity contribution in [2.45, 2.75) is 40.0 Å². The molecule has 174 valence electrons. The van der Waals surface area contributed by atoms with Crippen LogP contribution in [0, 0.1) is 13.8 Å². The predicted octanol–water partition coefficient (Wildman–Crippen LogP) is 6.05. The van der Waals surface area contributed by atoms with Crippen molar-refractivity contribution >= 4 is 28.8 Å². The van der Waals surface area contributed by atoms with Crippen molar-refractivity contribution in [1.82, 2.24) is 0 Å². The summed E-state index contributed by atoms with van der Waals surface area (Å²) in [5, 5.41) is 3.23. The van der Waals surface area contributed by atoms with Gasteiger partial charge in [-0.15, -0.1) is 0 Å². The molecule has 0 spiro atoms. The van der Waals surface area contributed by atoms with Crippen molar-refractivity contribution in [1.29, 1.82) is 0 Å². The zero-order valence-corrected chi connectivity index (χ0v) is 20.1. The lowest BCUT2D eigenvalue weighted by Crippen LogP contribution is -2.32. The predicted molar refractivity (Wildman–Crippen MR) is 137 cm³/mol. The molecule has 3 aromatic carbocycles. The maximum Gasteiger partial charge on any atom is 0.282 e. The van der Waals surface area contributed by atoms with Crippen molar-refractivity contribution < 1.29 is 14.3 Å². The Morgan fingerprint density at radius 2 is 1.53 bits per heavy atom. The van der Waals surface area contributed by atoms with Crippen LogP contribution in [0.2, 0.25) is 0 Å². The maximum atomic E-state index is 13.7. The van der Waals surface area contributed by atoms with E-state index in [1.54, 1.807) is 7.11 Å². The molecule has 0 aromatic heterocycles. The molecular weight excluding hydrogens is 424 g/mol. The topological polar surface area (TPSA) is 58.6 Å². The first-order valence-electron chi connectivity index (χ1n) is 11.6. The Bertz CT molecular complexity index is 1240. The molecule has 1 aliphatic rings. The number of anilines is 2. The summed E-state index contributed by atoms with van der Waals surface area (Å²) in [6, 6.07) is 21.0. The van der Waals surface area contributed by atoms with Gasteiger partial charge in [0.2, 0.25) is 0 Å². The Morgan fingerprint density at radius 1 is 0.853 bits per heavy atom. The maximum absolute atomic E-state index is 13.7. The number of nitrogens with one attached hydrogen (secondary N) is 1. The molecule has 0 aliphatic carbocycles. The molecular formula is C29H30N2O3. The Morgan fingerprint density at radius 3 is 2.18 bits per heavy atom. The standard InChI is InChI=1S/C29H30N2O3/c1-5-6-7-21-11-15-23(16-12-21)31-28(32)26(22-13-8-19(2)9-14-22)27(29(31)33)30-24-18-20(3)10-17-25(24)34-4/h8-18,30H,5-7H2,1-4H3. The SMILES string of the molecule is CCCCc1ccc(N2C(=O)C(Nc3cc(C)ccc3OC)=C(c3ccc(C)cc3)C2=O)cc1. The molecule has 0 fully saturated rings. The number of hydrogen-bond acceptors (Lipinski definition) is 4. The fraction of sp³-hybridized carbons (Fsp3) is 0.241. The van der Waals surface area contributed by atoms with E-state index in [-0.39, 0.29) is 17.5 Å². The molecule has 4 rings (SSSR count). The van der Waals surface area contributed by atoms with Crippen LogP contribution in [0.15, 0.2) is 72.4 Å². The van der Waals surface area contributed by atoms with Crippen LogP contribution in [0.5, 0.6) is 5.75 Å². The van der Waals surface area contributed by atoms with Gasteiger partial charge in [0.25, 0.3) is 11.8 Å². The van der Waals surface area contributed by atoms with Crippen molar-refractivity contribution in [3.05, 3.63) is 94.7 Å². The van der Waals surface area contributed by atoms with E-state index in [9.17, 15) is 9.59 Å². The smallest absolute Gasteiger partial charge is 0.282 e. The van der Waals surface area contributed by atoms with Crippen molar-refractivity contribution in [3.63, 3.8) is 0 Å². The van der Waals surface area contributed by atoms with Crippen LogP contribution >= 0.6 is 0 Å². The number of carbonyl (C=O) groups is 2. The zero-order valence-electron chi connectivity index (χ0n) is 20.1. The Kier molecular flexibility index (Phi) is 6.82. The molecule has 0 saturated carbocycles. The average molecular weight is 455 g/mol. The third-order valence-corrected chi connectivity index (χ3v) is 6.05. The highest BCUT2D eigenvalue weighted by Gasteiger charge is 2.40. The number of benzene rings is 3. The van der Waals surface area contributed by atoms with Gasteiger partial charge < -0.3 is 10.1 Å². The molecule has 5 nitrogen and oxygen atoms in total. The Balaban J connectivity index is 1.76. The van der Waals surface area contributed by atoms with Gasteiger partial charge in [0.1, 0.15) is 11.4 Å². The summed E-state index contributed by atoms with van der Waals surface area (Å²) in [6.45, 7) is 6.11. The molecule has 0 unspecified atom stereocenters. The van der Waals surface area contributed by atoms with E-state index in [0.717, 1.165) is 30.4 Å². The molecule has 1 heterocycles. The number of unbranched alkanes of at least 4 members (excludes halogenated alkanes) is 1. The van der Waals surface area contributed by atoms with Gasteiger partial charge in [0.15, 0.2) is 0 Å². The minimum Gasteiger partial charge on any atom is -0.495 e. The highest BCUT2D eigenvalue weighted by atomic mass is 16.5. The van der Waals surface area contributed by atoms with Crippen molar-refractivity contribution in [2.75, 3.05) is 17.3 Å². The van der Waals surface area contributed by atoms with Gasteiger partial charge in [-0.1, -0.05) is 61.4 Å². The van der Waals surface area contributed by atoms with Crippen LogP contribution < -0.4 is 15.0 Å². The summed E-state index contributed by atoms with van der Waals surface area (Å²) < 4.78 is 5.49. The van der Waals surface area contributed by atoms with Crippen LogP contribution in [-0.4, -0.2) is 18.9 Å². The van der Waals surface area contributed by atoms with E-state index < -0.39 is 0 Å². The first kappa shape index (κ1) is 23.3. The number of imide groups is 1. The molecule has 0 bridgehead atoms. The summed E-state index contributed by atoms with van der Waals surface area (Å²) in [6.07, 6.45) is 3.20. The van der Waals surface area contributed by atoms with Crippen molar-refractivity contribution in [2.24, 2.45) is 0 Å². The van der Waals surface area contributed by atoms with Crippen LogP contribution in [0.25, 0.3) is 5.57 Å². The first-order chi connectivity index (χ1) is 16.4. The van der Waals surface area contributed by atoms with E-state index in [1.165, 1.54) is 10.5 Å². The third-order valence-electron chi connectivity index (χ3n) is 6.05. The summed E-state index contributed by atoms with van der Waals surface area (Å²) in [5.41, 5.74) is 5.77. The fourth-order valence-electron chi connectivity index (χ4n) is 4.11. The number of amides is 2. The summed E-state index contributed by atoms with van der Waals surface area (Å²) in [7, 11) is 1.58. The number of carbonyl (C=O) groups excluding carboxylic acids is 2. The molecule has 5 heteroatoms. The zero-order chi connectivity index (χ0) is 24.2. The molecule has 3 aromatic rings. The number of hydrogen-bond donors (Lipinski definition) is 1. The van der Waals surface area contributed by atoms with Crippen LogP contribution in [0.1, 0.15) is 42.0 Å². The lowest BCUT2D eigenvalue weighted by molar-refractivity contribution is -0.120.